The number of rotatable bonds is 6. The molecule has 0 radical (unpaired) electrons. The molecule has 0 saturated carbocycles. The van der Waals surface area contributed by atoms with E-state index in [-0.39, 0.29) is 6.29 Å². The van der Waals surface area contributed by atoms with E-state index in [0.29, 0.717) is 6.54 Å². The van der Waals surface area contributed by atoms with E-state index < -0.39 is 0 Å². The summed E-state index contributed by atoms with van der Waals surface area (Å²) in [6.45, 7) is 2.58. The number of methoxy groups -OCH3 is 3. The molecule has 0 bridgehead atoms. The lowest BCUT2D eigenvalue weighted by atomic mass is 10.2. The fourth-order valence-electron chi connectivity index (χ4n) is 1.55. The van der Waals surface area contributed by atoms with E-state index in [1.54, 1.807) is 21.3 Å². The van der Waals surface area contributed by atoms with E-state index in [1.165, 1.54) is 0 Å². The molecule has 0 aliphatic rings. The highest BCUT2D eigenvalue weighted by atomic mass is 79.9. The predicted octanol–water partition coefficient (Wildman–Crippen LogP) is 2.80. The lowest BCUT2D eigenvalue weighted by molar-refractivity contribution is -0.0914. The second-order valence-electron chi connectivity index (χ2n) is 3.58. The van der Waals surface area contributed by atoms with Crippen LogP contribution in [0, 0.1) is 6.92 Å². The van der Waals surface area contributed by atoms with Crippen molar-refractivity contribution in [3.05, 3.63) is 22.2 Å². The van der Waals surface area contributed by atoms with Crippen molar-refractivity contribution in [1.82, 2.24) is 0 Å². The highest BCUT2D eigenvalue weighted by Crippen LogP contribution is 2.31. The van der Waals surface area contributed by atoms with Gasteiger partial charge in [0.05, 0.1) is 19.3 Å². The quantitative estimate of drug-likeness (QED) is 0.820. The summed E-state index contributed by atoms with van der Waals surface area (Å²) in [6.07, 6.45) is -0.275. The number of halogens is 1. The van der Waals surface area contributed by atoms with Gasteiger partial charge in [-0.1, -0.05) is 15.9 Å². The number of hydrogen-bond donors (Lipinski definition) is 1. The first-order valence-corrected chi connectivity index (χ1v) is 6.05. The largest absolute Gasteiger partial charge is 0.495 e. The zero-order valence-electron chi connectivity index (χ0n) is 10.5. The SMILES string of the molecule is COc1cc(Br)cc(C)c1NCC(OC)OC. The van der Waals surface area contributed by atoms with Gasteiger partial charge in [-0.15, -0.1) is 0 Å². The molecule has 5 heteroatoms. The van der Waals surface area contributed by atoms with E-state index in [2.05, 4.69) is 21.2 Å². The van der Waals surface area contributed by atoms with Gasteiger partial charge in [0.1, 0.15) is 5.75 Å². The van der Waals surface area contributed by atoms with Crippen LogP contribution in [0.5, 0.6) is 5.75 Å². The minimum Gasteiger partial charge on any atom is -0.495 e. The highest BCUT2D eigenvalue weighted by Gasteiger charge is 2.10. The van der Waals surface area contributed by atoms with Gasteiger partial charge < -0.3 is 19.5 Å². The molecule has 1 rings (SSSR count). The Labute approximate surface area is 110 Å². The van der Waals surface area contributed by atoms with Gasteiger partial charge >= 0.3 is 0 Å². The molecule has 4 nitrogen and oxygen atoms in total. The first-order valence-electron chi connectivity index (χ1n) is 5.26. The fraction of sp³-hybridized carbons (Fsp3) is 0.500. The first-order chi connectivity index (χ1) is 8.12. The molecular weight excluding hydrogens is 286 g/mol. The summed E-state index contributed by atoms with van der Waals surface area (Å²) in [7, 11) is 4.87. The van der Waals surface area contributed by atoms with E-state index in [9.17, 15) is 0 Å². The molecule has 0 heterocycles. The predicted molar refractivity (Wildman–Crippen MR) is 71.7 cm³/mol. The molecule has 0 unspecified atom stereocenters. The van der Waals surface area contributed by atoms with E-state index in [0.717, 1.165) is 21.5 Å². The van der Waals surface area contributed by atoms with Crippen LogP contribution < -0.4 is 10.1 Å². The number of benzene rings is 1. The fourth-order valence-corrected chi connectivity index (χ4v) is 2.10. The molecule has 0 amide bonds. The van der Waals surface area contributed by atoms with Gasteiger partial charge in [-0.2, -0.15) is 0 Å². The molecule has 1 aromatic rings. The van der Waals surface area contributed by atoms with E-state index in [1.807, 2.05) is 19.1 Å². The molecule has 0 saturated heterocycles. The van der Waals surface area contributed by atoms with Crippen LogP contribution >= 0.6 is 15.9 Å². The molecule has 0 aliphatic carbocycles. The Balaban J connectivity index is 2.82. The van der Waals surface area contributed by atoms with Crippen LogP contribution in [0.3, 0.4) is 0 Å². The van der Waals surface area contributed by atoms with Crippen molar-refractivity contribution in [2.75, 3.05) is 33.2 Å². The van der Waals surface area contributed by atoms with Gasteiger partial charge in [0.25, 0.3) is 0 Å². The maximum absolute atomic E-state index is 5.33. The second-order valence-corrected chi connectivity index (χ2v) is 4.50. The maximum Gasteiger partial charge on any atom is 0.173 e. The third kappa shape index (κ3) is 3.87. The number of ether oxygens (including phenoxy) is 3. The first kappa shape index (κ1) is 14.3. The Morgan fingerprint density at radius 2 is 1.88 bits per heavy atom. The maximum atomic E-state index is 5.33. The topological polar surface area (TPSA) is 39.7 Å². The molecule has 17 heavy (non-hydrogen) atoms. The molecule has 0 fully saturated rings. The average Bonchev–Trinajstić information content (AvgIpc) is 2.31. The van der Waals surface area contributed by atoms with Crippen LogP contribution in [0.2, 0.25) is 0 Å². The summed E-state index contributed by atoms with van der Waals surface area (Å²) in [6, 6.07) is 3.95. The monoisotopic (exact) mass is 303 g/mol. The zero-order valence-corrected chi connectivity index (χ0v) is 12.1. The molecule has 1 aromatic carbocycles. The molecule has 0 aliphatic heterocycles. The minimum atomic E-state index is -0.275. The minimum absolute atomic E-state index is 0.275. The molecule has 0 spiro atoms. The smallest absolute Gasteiger partial charge is 0.173 e. The van der Waals surface area contributed by atoms with Crippen LogP contribution in [0.25, 0.3) is 0 Å². The molecule has 0 aromatic heterocycles. The lowest BCUT2D eigenvalue weighted by Gasteiger charge is -2.18. The summed E-state index contributed by atoms with van der Waals surface area (Å²) >= 11 is 3.44. The third-order valence-corrected chi connectivity index (χ3v) is 2.91. The van der Waals surface area contributed by atoms with Crippen molar-refractivity contribution < 1.29 is 14.2 Å². The molecule has 96 valence electrons. The summed E-state index contributed by atoms with van der Waals surface area (Å²) < 4.78 is 16.6. The van der Waals surface area contributed by atoms with Crippen LogP contribution in [0.4, 0.5) is 5.69 Å². The Kier molecular flexibility index (Phi) is 5.74. The van der Waals surface area contributed by atoms with Crippen molar-refractivity contribution in [1.29, 1.82) is 0 Å². The molecular formula is C12H18BrNO3. The molecule has 0 atom stereocenters. The van der Waals surface area contributed by atoms with Crippen molar-refractivity contribution in [2.45, 2.75) is 13.2 Å². The van der Waals surface area contributed by atoms with Crippen molar-refractivity contribution in [3.8, 4) is 5.75 Å². The van der Waals surface area contributed by atoms with Gasteiger partial charge in [0, 0.05) is 18.7 Å². The average molecular weight is 304 g/mol. The summed E-state index contributed by atoms with van der Waals surface area (Å²) in [5.41, 5.74) is 2.05. The lowest BCUT2D eigenvalue weighted by Crippen LogP contribution is -2.24. The normalized spacial score (nSPS) is 10.7. The Morgan fingerprint density at radius 3 is 2.41 bits per heavy atom. The van der Waals surface area contributed by atoms with Gasteiger partial charge in [0.2, 0.25) is 0 Å². The third-order valence-electron chi connectivity index (χ3n) is 2.46. The zero-order chi connectivity index (χ0) is 12.8. The Bertz CT molecular complexity index is 367. The van der Waals surface area contributed by atoms with Gasteiger partial charge in [-0.3, -0.25) is 0 Å². The molecule has 1 N–H and O–H groups in total. The summed E-state index contributed by atoms with van der Waals surface area (Å²) in [5.74, 6) is 0.794. The number of aryl methyl sites for hydroxylation is 1. The van der Waals surface area contributed by atoms with Crippen molar-refractivity contribution in [3.63, 3.8) is 0 Å². The highest BCUT2D eigenvalue weighted by molar-refractivity contribution is 9.10. The van der Waals surface area contributed by atoms with Crippen LogP contribution in [0.1, 0.15) is 5.56 Å². The number of anilines is 1. The number of nitrogens with one attached hydrogen (secondary N) is 1. The second kappa shape index (κ2) is 6.83. The standard InChI is InChI=1S/C12H18BrNO3/c1-8-5-9(13)6-10(15-2)12(8)14-7-11(16-3)17-4/h5-6,11,14H,7H2,1-4H3. The summed E-state index contributed by atoms with van der Waals surface area (Å²) in [4.78, 5) is 0. The Hall–Kier alpha value is -0.780. The van der Waals surface area contributed by atoms with Gasteiger partial charge in [-0.25, -0.2) is 0 Å². The number of hydrogen-bond acceptors (Lipinski definition) is 4. The van der Waals surface area contributed by atoms with Gasteiger partial charge in [-0.05, 0) is 24.6 Å². The van der Waals surface area contributed by atoms with E-state index in [4.69, 9.17) is 14.2 Å². The van der Waals surface area contributed by atoms with Crippen LogP contribution in [-0.2, 0) is 9.47 Å². The Morgan fingerprint density at radius 1 is 1.24 bits per heavy atom. The van der Waals surface area contributed by atoms with Crippen molar-refractivity contribution in [2.24, 2.45) is 0 Å². The van der Waals surface area contributed by atoms with Gasteiger partial charge in [0.15, 0.2) is 6.29 Å². The van der Waals surface area contributed by atoms with Crippen molar-refractivity contribution >= 4 is 21.6 Å². The van der Waals surface area contributed by atoms with Crippen LogP contribution in [-0.4, -0.2) is 34.2 Å². The summed E-state index contributed by atoms with van der Waals surface area (Å²) in [5, 5.41) is 3.27. The van der Waals surface area contributed by atoms with Crippen LogP contribution in [0.15, 0.2) is 16.6 Å². The van der Waals surface area contributed by atoms with E-state index >= 15 is 0 Å².